The SMILES string of the molecule is O=C(COC(=O)CCC(=O)NC1CCCCC1)Nc1ccc(Cl)c(Cl)c1. The van der Waals surface area contributed by atoms with Gasteiger partial charge < -0.3 is 15.4 Å². The van der Waals surface area contributed by atoms with E-state index in [-0.39, 0.29) is 24.8 Å². The molecule has 0 radical (unpaired) electrons. The first-order valence-corrected chi connectivity index (χ1v) is 9.39. The van der Waals surface area contributed by atoms with Crippen molar-refractivity contribution in [3.63, 3.8) is 0 Å². The topological polar surface area (TPSA) is 84.5 Å². The molecule has 1 saturated carbocycles. The van der Waals surface area contributed by atoms with E-state index in [2.05, 4.69) is 10.6 Å². The molecule has 0 aromatic heterocycles. The van der Waals surface area contributed by atoms with E-state index in [0.29, 0.717) is 15.7 Å². The van der Waals surface area contributed by atoms with Gasteiger partial charge in [-0.3, -0.25) is 14.4 Å². The van der Waals surface area contributed by atoms with E-state index in [1.807, 2.05) is 0 Å². The lowest BCUT2D eigenvalue weighted by atomic mass is 9.95. The average Bonchev–Trinajstić information content (AvgIpc) is 2.62. The van der Waals surface area contributed by atoms with Crippen LogP contribution in [0.5, 0.6) is 0 Å². The monoisotopic (exact) mass is 400 g/mol. The molecule has 6 nitrogen and oxygen atoms in total. The second-order valence-corrected chi connectivity index (χ2v) is 7.05. The van der Waals surface area contributed by atoms with Crippen molar-refractivity contribution < 1.29 is 19.1 Å². The summed E-state index contributed by atoms with van der Waals surface area (Å²) in [5, 5.41) is 6.17. The Morgan fingerprint density at radius 3 is 2.42 bits per heavy atom. The Kier molecular flexibility index (Phi) is 8.19. The van der Waals surface area contributed by atoms with E-state index in [0.717, 1.165) is 25.7 Å². The highest BCUT2D eigenvalue weighted by atomic mass is 35.5. The standard InChI is InChI=1S/C18H22Cl2N2O4/c19-14-7-6-13(10-15(14)20)22-17(24)11-26-18(25)9-8-16(23)21-12-4-2-1-3-5-12/h6-7,10,12H,1-5,8-9,11H2,(H,21,23)(H,22,24). The number of rotatable bonds is 7. The van der Waals surface area contributed by atoms with Gasteiger partial charge in [-0.05, 0) is 31.0 Å². The smallest absolute Gasteiger partial charge is 0.306 e. The number of anilines is 1. The summed E-state index contributed by atoms with van der Waals surface area (Å²) in [4.78, 5) is 35.3. The zero-order valence-corrected chi connectivity index (χ0v) is 15.9. The van der Waals surface area contributed by atoms with Gasteiger partial charge in [-0.15, -0.1) is 0 Å². The van der Waals surface area contributed by atoms with Crippen LogP contribution in [0.2, 0.25) is 10.0 Å². The zero-order chi connectivity index (χ0) is 18.9. The molecule has 0 bridgehead atoms. The number of carbonyl (C=O) groups excluding carboxylic acids is 3. The fraction of sp³-hybridized carbons (Fsp3) is 0.500. The number of hydrogen-bond acceptors (Lipinski definition) is 4. The molecule has 2 amide bonds. The number of hydrogen-bond donors (Lipinski definition) is 2. The second kappa shape index (κ2) is 10.4. The minimum atomic E-state index is -0.590. The summed E-state index contributed by atoms with van der Waals surface area (Å²) in [5.74, 6) is -1.24. The first kappa shape index (κ1) is 20.5. The van der Waals surface area contributed by atoms with Gasteiger partial charge in [-0.1, -0.05) is 42.5 Å². The highest BCUT2D eigenvalue weighted by Gasteiger charge is 2.17. The van der Waals surface area contributed by atoms with E-state index in [1.54, 1.807) is 12.1 Å². The van der Waals surface area contributed by atoms with E-state index in [9.17, 15) is 14.4 Å². The molecule has 0 aliphatic heterocycles. The lowest BCUT2D eigenvalue weighted by Gasteiger charge is -2.22. The highest BCUT2D eigenvalue weighted by molar-refractivity contribution is 6.42. The number of halogens is 2. The van der Waals surface area contributed by atoms with Crippen LogP contribution in [0.3, 0.4) is 0 Å². The van der Waals surface area contributed by atoms with Gasteiger partial charge >= 0.3 is 5.97 Å². The largest absolute Gasteiger partial charge is 0.456 e. The molecule has 0 saturated heterocycles. The molecule has 1 aromatic carbocycles. The Balaban J connectivity index is 1.63. The normalized spacial score (nSPS) is 14.5. The molecule has 1 aliphatic rings. The van der Waals surface area contributed by atoms with Gasteiger partial charge in [-0.25, -0.2) is 0 Å². The fourth-order valence-electron chi connectivity index (χ4n) is 2.75. The Labute approximate surface area is 162 Å². The summed E-state index contributed by atoms with van der Waals surface area (Å²) in [7, 11) is 0. The number of esters is 1. The number of carbonyl (C=O) groups is 3. The van der Waals surface area contributed by atoms with Crippen LogP contribution < -0.4 is 10.6 Å². The van der Waals surface area contributed by atoms with Crippen molar-refractivity contribution in [3.05, 3.63) is 28.2 Å². The van der Waals surface area contributed by atoms with Crippen LogP contribution in [0, 0.1) is 0 Å². The van der Waals surface area contributed by atoms with Gasteiger partial charge in [0.1, 0.15) is 0 Å². The van der Waals surface area contributed by atoms with E-state index >= 15 is 0 Å². The predicted octanol–water partition coefficient (Wildman–Crippen LogP) is 3.70. The Morgan fingerprint density at radius 1 is 1.00 bits per heavy atom. The van der Waals surface area contributed by atoms with Crippen LogP contribution in [-0.4, -0.2) is 30.4 Å². The lowest BCUT2D eigenvalue weighted by molar-refractivity contribution is -0.148. The zero-order valence-electron chi connectivity index (χ0n) is 14.4. The van der Waals surface area contributed by atoms with Crippen LogP contribution in [0.4, 0.5) is 5.69 Å². The van der Waals surface area contributed by atoms with Crippen LogP contribution in [0.1, 0.15) is 44.9 Å². The highest BCUT2D eigenvalue weighted by Crippen LogP contribution is 2.24. The number of amides is 2. The summed E-state index contributed by atoms with van der Waals surface area (Å²) in [5.41, 5.74) is 0.451. The van der Waals surface area contributed by atoms with E-state index in [1.165, 1.54) is 12.5 Å². The molecule has 0 atom stereocenters. The van der Waals surface area contributed by atoms with Crippen molar-refractivity contribution in [3.8, 4) is 0 Å². The Hall–Kier alpha value is -1.79. The molecule has 1 aliphatic carbocycles. The molecule has 142 valence electrons. The molecule has 2 N–H and O–H groups in total. The van der Waals surface area contributed by atoms with Gasteiger partial charge in [-0.2, -0.15) is 0 Å². The van der Waals surface area contributed by atoms with Crippen molar-refractivity contribution in [2.24, 2.45) is 0 Å². The maximum Gasteiger partial charge on any atom is 0.306 e. The van der Waals surface area contributed by atoms with Crippen LogP contribution >= 0.6 is 23.2 Å². The quantitative estimate of drug-likeness (QED) is 0.683. The van der Waals surface area contributed by atoms with Crippen molar-refractivity contribution in [2.75, 3.05) is 11.9 Å². The van der Waals surface area contributed by atoms with Gasteiger partial charge in [0, 0.05) is 18.2 Å². The summed E-state index contributed by atoms with van der Waals surface area (Å²) in [6.07, 6.45) is 5.45. The third-order valence-corrected chi connectivity index (χ3v) is 4.83. The van der Waals surface area contributed by atoms with Crippen molar-refractivity contribution in [1.82, 2.24) is 5.32 Å². The summed E-state index contributed by atoms with van der Waals surface area (Å²) >= 11 is 11.7. The average molecular weight is 401 g/mol. The lowest BCUT2D eigenvalue weighted by Crippen LogP contribution is -2.36. The van der Waals surface area contributed by atoms with Gasteiger partial charge in [0.15, 0.2) is 6.61 Å². The Bertz CT molecular complexity index is 661. The number of ether oxygens (including phenoxy) is 1. The van der Waals surface area contributed by atoms with Gasteiger partial charge in [0.05, 0.1) is 16.5 Å². The Morgan fingerprint density at radius 2 is 1.73 bits per heavy atom. The fourth-order valence-corrected chi connectivity index (χ4v) is 3.05. The third-order valence-electron chi connectivity index (χ3n) is 4.09. The number of nitrogens with one attached hydrogen (secondary N) is 2. The van der Waals surface area contributed by atoms with Crippen LogP contribution in [0.15, 0.2) is 18.2 Å². The third kappa shape index (κ3) is 7.22. The molecule has 26 heavy (non-hydrogen) atoms. The van der Waals surface area contributed by atoms with E-state index < -0.39 is 18.5 Å². The summed E-state index contributed by atoms with van der Waals surface area (Å²) < 4.78 is 4.88. The van der Waals surface area contributed by atoms with Crippen LogP contribution in [-0.2, 0) is 19.1 Å². The van der Waals surface area contributed by atoms with Crippen molar-refractivity contribution >= 4 is 46.7 Å². The second-order valence-electron chi connectivity index (χ2n) is 6.24. The molecular formula is C18H22Cl2N2O4. The minimum absolute atomic E-state index is 0.0569. The van der Waals surface area contributed by atoms with Crippen LogP contribution in [0.25, 0.3) is 0 Å². The molecule has 8 heteroatoms. The first-order valence-electron chi connectivity index (χ1n) is 8.64. The molecule has 0 unspecified atom stereocenters. The molecule has 0 spiro atoms. The van der Waals surface area contributed by atoms with Gasteiger partial charge in [0.25, 0.3) is 5.91 Å². The molecule has 1 aromatic rings. The maximum absolute atomic E-state index is 11.8. The molecular weight excluding hydrogens is 379 g/mol. The van der Waals surface area contributed by atoms with Crippen molar-refractivity contribution in [2.45, 2.75) is 51.0 Å². The molecule has 2 rings (SSSR count). The minimum Gasteiger partial charge on any atom is -0.456 e. The first-order chi connectivity index (χ1) is 12.4. The maximum atomic E-state index is 11.8. The summed E-state index contributed by atoms with van der Waals surface area (Å²) in [6, 6.07) is 4.85. The molecule has 1 fully saturated rings. The predicted molar refractivity (Wildman–Crippen MR) is 100 cm³/mol. The molecule has 0 heterocycles. The number of benzene rings is 1. The van der Waals surface area contributed by atoms with E-state index in [4.69, 9.17) is 27.9 Å². The summed E-state index contributed by atoms with van der Waals surface area (Å²) in [6.45, 7) is -0.427. The van der Waals surface area contributed by atoms with Gasteiger partial charge in [0.2, 0.25) is 5.91 Å². The van der Waals surface area contributed by atoms with Crippen molar-refractivity contribution in [1.29, 1.82) is 0 Å².